The second-order valence-electron chi connectivity index (χ2n) is 4.78. The molecule has 1 amide bonds. The van der Waals surface area contributed by atoms with Gasteiger partial charge in [-0.05, 0) is 31.9 Å². The monoisotopic (exact) mass is 340 g/mol. The second kappa shape index (κ2) is 8.33. The summed E-state index contributed by atoms with van der Waals surface area (Å²) in [5.74, 6) is -1.96. The molecule has 126 valence electrons. The number of nitrogens with one attached hydrogen (secondary N) is 2. The van der Waals surface area contributed by atoms with Crippen molar-refractivity contribution in [1.29, 1.82) is 0 Å². The van der Waals surface area contributed by atoms with Crippen LogP contribution in [-0.2, 0) is 14.8 Å². The molecule has 1 atom stereocenters. The summed E-state index contributed by atoms with van der Waals surface area (Å²) in [7, 11) is -3.55. The molecule has 0 aliphatic carbocycles. The molecule has 0 aliphatic rings. The Kier molecular flexibility index (Phi) is 6.77. The summed E-state index contributed by atoms with van der Waals surface area (Å²) in [5.41, 5.74) is 0.175. The molecule has 3 N–H and O–H groups in total. The fourth-order valence-electron chi connectivity index (χ4n) is 1.79. The number of hydrogen-bond acceptors (Lipinski definition) is 4. The van der Waals surface area contributed by atoms with E-state index in [0.29, 0.717) is 6.42 Å². The zero-order chi connectivity index (χ0) is 17.5. The van der Waals surface area contributed by atoms with Crippen LogP contribution in [0.1, 0.15) is 30.1 Å². The molecule has 1 aromatic carbocycles. The van der Waals surface area contributed by atoms with Crippen molar-refractivity contribution in [2.45, 2.75) is 25.8 Å². The van der Waals surface area contributed by atoms with Crippen LogP contribution >= 0.6 is 0 Å². The van der Waals surface area contributed by atoms with Gasteiger partial charge in [-0.1, -0.05) is 18.2 Å². The number of carboxylic acid groups (broad SMARTS) is 1. The predicted molar refractivity (Wildman–Crippen MR) is 87.8 cm³/mol. The lowest BCUT2D eigenvalue weighted by molar-refractivity contribution is -0.139. The molecule has 8 heteroatoms. The van der Waals surface area contributed by atoms with E-state index in [2.05, 4.69) is 16.6 Å². The first kappa shape index (κ1) is 18.7. The zero-order valence-corrected chi connectivity index (χ0v) is 13.6. The quantitative estimate of drug-likeness (QED) is 0.591. The lowest BCUT2D eigenvalue weighted by Gasteiger charge is -2.16. The summed E-state index contributed by atoms with van der Waals surface area (Å²) in [6.07, 6.45) is 2.19. The minimum absolute atomic E-state index is 0.0642. The van der Waals surface area contributed by atoms with Crippen LogP contribution in [0.4, 0.5) is 5.69 Å². The number of rotatable bonds is 9. The summed E-state index contributed by atoms with van der Waals surface area (Å²) in [6, 6.07) is 4.95. The fraction of sp³-hybridized carbons (Fsp3) is 0.333. The number of allylic oxidation sites excluding steroid dienone is 1. The lowest BCUT2D eigenvalue weighted by Crippen LogP contribution is -2.41. The van der Waals surface area contributed by atoms with Crippen molar-refractivity contribution in [3.63, 3.8) is 0 Å². The van der Waals surface area contributed by atoms with Crippen molar-refractivity contribution < 1.29 is 23.1 Å². The highest BCUT2D eigenvalue weighted by molar-refractivity contribution is 7.92. The number of aliphatic carboxylic acids is 1. The number of sulfonamides is 1. The molecular weight excluding hydrogens is 320 g/mol. The molecule has 1 aromatic rings. The smallest absolute Gasteiger partial charge is 0.326 e. The van der Waals surface area contributed by atoms with Crippen LogP contribution in [0.3, 0.4) is 0 Å². The Balaban J connectivity index is 2.99. The van der Waals surface area contributed by atoms with Gasteiger partial charge >= 0.3 is 5.97 Å². The third kappa shape index (κ3) is 5.74. The second-order valence-corrected chi connectivity index (χ2v) is 6.79. The van der Waals surface area contributed by atoms with Gasteiger partial charge in [-0.2, -0.15) is 0 Å². The molecule has 23 heavy (non-hydrogen) atoms. The number of carbonyl (C=O) groups is 2. The van der Waals surface area contributed by atoms with Gasteiger partial charge in [-0.15, -0.1) is 6.58 Å². The third-order valence-electron chi connectivity index (χ3n) is 3.08. The molecule has 0 bridgehead atoms. The van der Waals surface area contributed by atoms with Gasteiger partial charge in [0.2, 0.25) is 10.0 Å². The van der Waals surface area contributed by atoms with E-state index in [1.54, 1.807) is 18.2 Å². The van der Waals surface area contributed by atoms with Gasteiger partial charge in [0, 0.05) is 0 Å². The van der Waals surface area contributed by atoms with E-state index in [-0.39, 0.29) is 23.4 Å². The Morgan fingerprint density at radius 1 is 1.35 bits per heavy atom. The molecule has 0 heterocycles. The van der Waals surface area contributed by atoms with E-state index < -0.39 is 27.9 Å². The first-order chi connectivity index (χ1) is 10.8. The highest BCUT2D eigenvalue weighted by atomic mass is 32.2. The molecule has 0 saturated carbocycles. The first-order valence-corrected chi connectivity index (χ1v) is 8.70. The molecule has 0 radical (unpaired) electrons. The van der Waals surface area contributed by atoms with Gasteiger partial charge in [0.15, 0.2) is 0 Å². The first-order valence-electron chi connectivity index (χ1n) is 7.04. The van der Waals surface area contributed by atoms with Gasteiger partial charge in [-0.3, -0.25) is 9.52 Å². The van der Waals surface area contributed by atoms with E-state index in [0.717, 1.165) is 0 Å². The molecule has 7 nitrogen and oxygen atoms in total. The van der Waals surface area contributed by atoms with Crippen molar-refractivity contribution in [3.05, 3.63) is 42.5 Å². The van der Waals surface area contributed by atoms with Crippen LogP contribution in [0.5, 0.6) is 0 Å². The largest absolute Gasteiger partial charge is 0.480 e. The number of anilines is 1. The number of para-hydroxylation sites is 1. The van der Waals surface area contributed by atoms with Gasteiger partial charge in [0.25, 0.3) is 5.91 Å². The van der Waals surface area contributed by atoms with E-state index in [1.165, 1.54) is 19.1 Å². The van der Waals surface area contributed by atoms with Gasteiger partial charge in [-0.25, -0.2) is 13.2 Å². The van der Waals surface area contributed by atoms with Crippen LogP contribution in [0, 0.1) is 0 Å². The summed E-state index contributed by atoms with van der Waals surface area (Å²) in [6.45, 7) is 4.98. The van der Waals surface area contributed by atoms with Crippen molar-refractivity contribution >= 4 is 27.6 Å². The Morgan fingerprint density at radius 2 is 2.00 bits per heavy atom. The van der Waals surface area contributed by atoms with Crippen LogP contribution < -0.4 is 10.0 Å². The minimum atomic E-state index is -3.55. The number of hydrogen-bond donors (Lipinski definition) is 3. The highest BCUT2D eigenvalue weighted by Crippen LogP contribution is 2.17. The molecule has 1 unspecified atom stereocenters. The fourth-order valence-corrected chi connectivity index (χ4v) is 2.45. The normalized spacial score (nSPS) is 12.2. The molecule has 0 spiro atoms. The summed E-state index contributed by atoms with van der Waals surface area (Å²) in [4.78, 5) is 23.5. The Morgan fingerprint density at radius 3 is 2.57 bits per heavy atom. The SMILES string of the molecule is C=CCCC(NC(=O)c1ccccc1NS(=O)(=O)CC)C(=O)O. The van der Waals surface area contributed by atoms with E-state index in [1.807, 2.05) is 0 Å². The standard InChI is InChI=1S/C15H20N2O5S/c1-3-5-9-13(15(19)20)16-14(18)11-8-6-7-10-12(11)17-23(21,22)4-2/h3,6-8,10,13,17H,1,4-5,9H2,2H3,(H,16,18)(H,19,20). The maximum atomic E-state index is 12.3. The topological polar surface area (TPSA) is 113 Å². The van der Waals surface area contributed by atoms with E-state index >= 15 is 0 Å². The van der Waals surface area contributed by atoms with Gasteiger partial charge in [0.05, 0.1) is 17.0 Å². The van der Waals surface area contributed by atoms with Crippen LogP contribution in [0.15, 0.2) is 36.9 Å². The third-order valence-corrected chi connectivity index (χ3v) is 4.37. The molecule has 1 rings (SSSR count). The number of amides is 1. The van der Waals surface area contributed by atoms with Crippen molar-refractivity contribution in [1.82, 2.24) is 5.32 Å². The van der Waals surface area contributed by atoms with Crippen molar-refractivity contribution in [2.75, 3.05) is 10.5 Å². The van der Waals surface area contributed by atoms with Crippen molar-refractivity contribution in [3.8, 4) is 0 Å². The van der Waals surface area contributed by atoms with Gasteiger partial charge < -0.3 is 10.4 Å². The van der Waals surface area contributed by atoms with E-state index in [4.69, 9.17) is 5.11 Å². The van der Waals surface area contributed by atoms with E-state index in [9.17, 15) is 18.0 Å². The average Bonchev–Trinajstić information content (AvgIpc) is 2.51. The lowest BCUT2D eigenvalue weighted by atomic mass is 10.1. The summed E-state index contributed by atoms with van der Waals surface area (Å²) < 4.78 is 25.6. The van der Waals surface area contributed by atoms with Crippen molar-refractivity contribution in [2.24, 2.45) is 0 Å². The van der Waals surface area contributed by atoms with Crippen LogP contribution in [0.25, 0.3) is 0 Å². The average molecular weight is 340 g/mol. The number of carbonyl (C=O) groups excluding carboxylic acids is 1. The van der Waals surface area contributed by atoms with Crippen LogP contribution in [-0.4, -0.2) is 37.2 Å². The molecular formula is C15H20N2O5S. The molecule has 0 fully saturated rings. The summed E-state index contributed by atoms with van der Waals surface area (Å²) >= 11 is 0. The Hall–Kier alpha value is -2.35. The van der Waals surface area contributed by atoms with Crippen LogP contribution in [0.2, 0.25) is 0 Å². The number of benzene rings is 1. The Bertz CT molecular complexity index is 685. The highest BCUT2D eigenvalue weighted by Gasteiger charge is 2.22. The predicted octanol–water partition coefficient (Wildman–Crippen LogP) is 1.60. The zero-order valence-electron chi connectivity index (χ0n) is 12.8. The minimum Gasteiger partial charge on any atom is -0.480 e. The maximum absolute atomic E-state index is 12.3. The maximum Gasteiger partial charge on any atom is 0.326 e. The Labute approximate surface area is 135 Å². The van der Waals surface area contributed by atoms with Gasteiger partial charge in [0.1, 0.15) is 6.04 Å². The summed E-state index contributed by atoms with van der Waals surface area (Å²) in [5, 5.41) is 11.5. The molecule has 0 aromatic heterocycles. The molecule has 0 aliphatic heterocycles. The number of carboxylic acids is 1. The molecule has 0 saturated heterocycles.